The third kappa shape index (κ3) is 17.1. The molecule has 0 aromatic heterocycles. The normalized spacial score (nSPS) is 10.5. The summed E-state index contributed by atoms with van der Waals surface area (Å²) in [6, 6.07) is 0. The second-order valence-corrected chi connectivity index (χ2v) is 6.02. The summed E-state index contributed by atoms with van der Waals surface area (Å²) in [5.41, 5.74) is 0. The van der Waals surface area contributed by atoms with Gasteiger partial charge in [-0.1, -0.05) is 70.6 Å². The first kappa shape index (κ1) is 21.9. The van der Waals surface area contributed by atoms with Crippen molar-refractivity contribution in [2.45, 2.75) is 96.3 Å². The van der Waals surface area contributed by atoms with Crippen LogP contribution in [0.1, 0.15) is 96.3 Å². The van der Waals surface area contributed by atoms with Gasteiger partial charge in [-0.25, -0.2) is 9.59 Å². The van der Waals surface area contributed by atoms with E-state index in [1.165, 1.54) is 44.9 Å². The van der Waals surface area contributed by atoms with E-state index in [-0.39, 0.29) is 0 Å². The van der Waals surface area contributed by atoms with Crippen molar-refractivity contribution in [1.29, 1.82) is 0 Å². The summed E-state index contributed by atoms with van der Waals surface area (Å²) in [4.78, 5) is 28.6. The SMILES string of the molecule is O=C(CCCCCCCCCCCCCCCC(=O)OO)OO. The van der Waals surface area contributed by atoms with E-state index >= 15 is 0 Å². The third-order valence-electron chi connectivity index (χ3n) is 3.97. The molecule has 0 bridgehead atoms. The minimum Gasteiger partial charge on any atom is -0.301 e. The van der Waals surface area contributed by atoms with Gasteiger partial charge in [0.15, 0.2) is 0 Å². The molecule has 0 aromatic carbocycles. The number of hydrogen-bond acceptors (Lipinski definition) is 6. The zero-order valence-corrected chi connectivity index (χ0v) is 14.1. The quantitative estimate of drug-likeness (QED) is 0.238. The maximum Gasteiger partial charge on any atom is 0.342 e. The molecule has 0 radical (unpaired) electrons. The maximum absolute atomic E-state index is 10.7. The first-order valence-electron chi connectivity index (χ1n) is 8.89. The van der Waals surface area contributed by atoms with Gasteiger partial charge in [0.25, 0.3) is 0 Å². The highest BCUT2D eigenvalue weighted by molar-refractivity contribution is 5.68. The van der Waals surface area contributed by atoms with E-state index in [2.05, 4.69) is 9.78 Å². The fraction of sp³-hybridized carbons (Fsp3) is 0.882. The molecule has 0 fully saturated rings. The molecule has 0 unspecified atom stereocenters. The van der Waals surface area contributed by atoms with Crippen LogP contribution in [-0.2, 0) is 19.4 Å². The molecular formula is C17H32O6. The van der Waals surface area contributed by atoms with Crippen LogP contribution in [-0.4, -0.2) is 22.5 Å². The summed E-state index contributed by atoms with van der Waals surface area (Å²) in [6.45, 7) is 0. The standard InChI is InChI=1S/C17H32O6/c18-16(22-20)14-12-10-8-6-4-2-1-3-5-7-9-11-13-15-17(19)23-21/h20-21H,1-15H2. The zero-order valence-electron chi connectivity index (χ0n) is 14.1. The molecule has 6 heteroatoms. The predicted molar refractivity (Wildman–Crippen MR) is 86.7 cm³/mol. The minimum absolute atomic E-state index is 0.303. The Morgan fingerprint density at radius 1 is 0.478 bits per heavy atom. The van der Waals surface area contributed by atoms with Gasteiger partial charge in [0.05, 0.1) is 0 Å². The molecule has 0 saturated carbocycles. The molecule has 0 aliphatic rings. The maximum atomic E-state index is 10.7. The molecule has 0 amide bonds. The molecule has 0 aliphatic heterocycles. The van der Waals surface area contributed by atoms with E-state index in [4.69, 9.17) is 10.5 Å². The van der Waals surface area contributed by atoms with Crippen molar-refractivity contribution in [3.63, 3.8) is 0 Å². The fourth-order valence-electron chi connectivity index (χ4n) is 2.57. The Kier molecular flexibility index (Phi) is 16.4. The van der Waals surface area contributed by atoms with Crippen LogP contribution in [0.15, 0.2) is 0 Å². The molecule has 0 heterocycles. The third-order valence-corrected chi connectivity index (χ3v) is 3.97. The van der Waals surface area contributed by atoms with Crippen LogP contribution < -0.4 is 0 Å². The summed E-state index contributed by atoms with van der Waals surface area (Å²) in [7, 11) is 0. The highest BCUT2D eigenvalue weighted by Gasteiger charge is 2.01. The average Bonchev–Trinajstić information content (AvgIpc) is 2.57. The van der Waals surface area contributed by atoms with Crippen molar-refractivity contribution in [3.05, 3.63) is 0 Å². The van der Waals surface area contributed by atoms with E-state index in [9.17, 15) is 9.59 Å². The van der Waals surface area contributed by atoms with Gasteiger partial charge in [-0.3, -0.25) is 0 Å². The first-order chi connectivity index (χ1) is 11.2. The molecule has 0 spiro atoms. The van der Waals surface area contributed by atoms with Crippen molar-refractivity contribution in [2.24, 2.45) is 0 Å². The molecule has 6 nitrogen and oxygen atoms in total. The lowest BCUT2D eigenvalue weighted by Crippen LogP contribution is -1.99. The van der Waals surface area contributed by atoms with Crippen LogP contribution in [0.5, 0.6) is 0 Å². The van der Waals surface area contributed by atoms with Gasteiger partial charge in [0.2, 0.25) is 0 Å². The molecule has 23 heavy (non-hydrogen) atoms. The smallest absolute Gasteiger partial charge is 0.301 e. The van der Waals surface area contributed by atoms with E-state index in [1.807, 2.05) is 0 Å². The Bertz CT molecular complexity index is 265. The Hall–Kier alpha value is -1.14. The number of carbonyl (C=O) groups is 2. The van der Waals surface area contributed by atoms with Crippen LogP contribution in [0.2, 0.25) is 0 Å². The fourth-order valence-corrected chi connectivity index (χ4v) is 2.57. The molecule has 0 aliphatic carbocycles. The summed E-state index contributed by atoms with van der Waals surface area (Å²) in [6.07, 6.45) is 15.2. The van der Waals surface area contributed by atoms with Crippen LogP contribution in [0.4, 0.5) is 0 Å². The monoisotopic (exact) mass is 332 g/mol. The van der Waals surface area contributed by atoms with Crippen LogP contribution in [0, 0.1) is 0 Å². The van der Waals surface area contributed by atoms with Crippen molar-refractivity contribution in [3.8, 4) is 0 Å². The molecule has 0 atom stereocenters. The Morgan fingerprint density at radius 3 is 0.913 bits per heavy atom. The highest BCUT2D eigenvalue weighted by Crippen LogP contribution is 2.13. The van der Waals surface area contributed by atoms with Gasteiger partial charge >= 0.3 is 11.9 Å². The second-order valence-electron chi connectivity index (χ2n) is 6.02. The Morgan fingerprint density at radius 2 is 0.696 bits per heavy atom. The lowest BCUT2D eigenvalue weighted by Gasteiger charge is -2.03. The van der Waals surface area contributed by atoms with Gasteiger partial charge in [0.1, 0.15) is 0 Å². The Balaban J connectivity index is 3.05. The largest absolute Gasteiger partial charge is 0.342 e. The topological polar surface area (TPSA) is 93.1 Å². The van der Waals surface area contributed by atoms with Crippen molar-refractivity contribution in [1.82, 2.24) is 0 Å². The predicted octanol–water partition coefficient (Wildman–Crippen LogP) is 4.87. The molecule has 2 N–H and O–H groups in total. The summed E-state index contributed by atoms with van der Waals surface area (Å²) >= 11 is 0. The molecular weight excluding hydrogens is 300 g/mol. The molecule has 136 valence electrons. The van der Waals surface area contributed by atoms with E-state index in [0.717, 1.165) is 38.5 Å². The van der Waals surface area contributed by atoms with Crippen LogP contribution in [0.25, 0.3) is 0 Å². The highest BCUT2D eigenvalue weighted by atomic mass is 17.1. The van der Waals surface area contributed by atoms with Crippen molar-refractivity contribution in [2.75, 3.05) is 0 Å². The lowest BCUT2D eigenvalue weighted by atomic mass is 10.0. The number of hydrogen-bond donors (Lipinski definition) is 2. The van der Waals surface area contributed by atoms with Gasteiger partial charge in [-0.2, -0.15) is 10.5 Å². The minimum atomic E-state index is -0.543. The molecule has 0 saturated heterocycles. The van der Waals surface area contributed by atoms with Crippen molar-refractivity contribution >= 4 is 11.9 Å². The summed E-state index contributed by atoms with van der Waals surface area (Å²) in [5.74, 6) is -1.09. The first-order valence-corrected chi connectivity index (χ1v) is 8.89. The van der Waals surface area contributed by atoms with E-state index in [1.54, 1.807) is 0 Å². The molecule has 0 rings (SSSR count). The average molecular weight is 332 g/mol. The van der Waals surface area contributed by atoms with Crippen LogP contribution in [0.3, 0.4) is 0 Å². The zero-order chi connectivity index (χ0) is 17.2. The number of carbonyl (C=O) groups excluding carboxylic acids is 2. The summed E-state index contributed by atoms with van der Waals surface area (Å²) < 4.78 is 0. The van der Waals surface area contributed by atoms with Crippen LogP contribution >= 0.6 is 0 Å². The van der Waals surface area contributed by atoms with E-state index < -0.39 is 11.9 Å². The molecule has 0 aromatic rings. The van der Waals surface area contributed by atoms with Gasteiger partial charge in [0, 0.05) is 12.8 Å². The second kappa shape index (κ2) is 17.2. The lowest BCUT2D eigenvalue weighted by molar-refractivity contribution is -0.234. The Labute approximate surface area is 139 Å². The van der Waals surface area contributed by atoms with Crippen molar-refractivity contribution < 1.29 is 29.9 Å². The van der Waals surface area contributed by atoms with Gasteiger partial charge in [-0.05, 0) is 12.8 Å². The number of rotatable bonds is 16. The van der Waals surface area contributed by atoms with Gasteiger partial charge in [-0.15, -0.1) is 0 Å². The summed E-state index contributed by atoms with van der Waals surface area (Å²) in [5, 5.41) is 16.2. The van der Waals surface area contributed by atoms with E-state index in [0.29, 0.717) is 12.8 Å². The van der Waals surface area contributed by atoms with Gasteiger partial charge < -0.3 is 9.78 Å². The number of unbranched alkanes of at least 4 members (excludes halogenated alkanes) is 12.